The molecule has 3 aromatic rings. The number of piperazine rings is 1. The Bertz CT molecular complexity index is 1290. The number of aryl methyl sites for hydroxylation is 1. The summed E-state index contributed by atoms with van der Waals surface area (Å²) in [5.74, 6) is 2.83. The zero-order valence-electron chi connectivity index (χ0n) is 24.1. The van der Waals surface area contributed by atoms with Crippen LogP contribution in [0.1, 0.15) is 46.1 Å². The molecule has 212 valence electrons. The SMILES string of the molecule is COc1cc(CN2CCC(c3nc(C)ccc3C(=O)N3CCN(c4cccc(OC)c4)CC3)CC2)cc(OC)c1. The zero-order valence-corrected chi connectivity index (χ0v) is 24.1. The second-order valence-electron chi connectivity index (χ2n) is 10.6. The summed E-state index contributed by atoms with van der Waals surface area (Å²) >= 11 is 0. The van der Waals surface area contributed by atoms with Crippen LogP contribution in [0.2, 0.25) is 0 Å². The van der Waals surface area contributed by atoms with Crippen molar-refractivity contribution in [3.05, 3.63) is 77.1 Å². The van der Waals surface area contributed by atoms with Crippen LogP contribution in [0.5, 0.6) is 17.2 Å². The summed E-state index contributed by atoms with van der Waals surface area (Å²) in [6.07, 6.45) is 1.95. The zero-order chi connectivity index (χ0) is 28.1. The number of rotatable bonds is 8. The Morgan fingerprint density at radius 3 is 2.15 bits per heavy atom. The molecule has 0 saturated carbocycles. The molecule has 2 aliphatic heterocycles. The number of likely N-dealkylation sites (tertiary alicyclic amines) is 1. The van der Waals surface area contributed by atoms with Crippen molar-refractivity contribution in [2.45, 2.75) is 32.2 Å². The fourth-order valence-corrected chi connectivity index (χ4v) is 5.79. The third kappa shape index (κ3) is 6.33. The molecule has 40 heavy (non-hydrogen) atoms. The van der Waals surface area contributed by atoms with Crippen LogP contribution >= 0.6 is 0 Å². The molecule has 3 heterocycles. The molecule has 0 N–H and O–H groups in total. The smallest absolute Gasteiger partial charge is 0.255 e. The first-order chi connectivity index (χ1) is 19.5. The standard InChI is InChI=1S/C32H40N4O4/c1-23-8-9-30(32(37)36-16-14-35(15-17-36)26-6-5-7-27(20-26)38-2)31(33-23)25-10-12-34(13-11-25)22-24-18-28(39-3)21-29(19-24)40-4/h5-9,18-21,25H,10-17,22H2,1-4H3. The highest BCUT2D eigenvalue weighted by atomic mass is 16.5. The Kier molecular flexibility index (Phi) is 8.75. The number of piperidine rings is 1. The fourth-order valence-electron chi connectivity index (χ4n) is 5.79. The van der Waals surface area contributed by atoms with E-state index in [2.05, 4.69) is 34.1 Å². The molecule has 2 aromatic carbocycles. The molecule has 0 atom stereocenters. The number of nitrogens with zero attached hydrogens (tertiary/aromatic N) is 4. The van der Waals surface area contributed by atoms with Gasteiger partial charge in [-0.15, -0.1) is 0 Å². The van der Waals surface area contributed by atoms with Gasteiger partial charge in [-0.25, -0.2) is 0 Å². The third-order valence-corrected chi connectivity index (χ3v) is 8.07. The molecule has 2 saturated heterocycles. The van der Waals surface area contributed by atoms with E-state index in [4.69, 9.17) is 19.2 Å². The van der Waals surface area contributed by atoms with E-state index in [0.29, 0.717) is 13.1 Å². The number of carbonyl (C=O) groups excluding carboxylic acids is 1. The van der Waals surface area contributed by atoms with Gasteiger partial charge in [0.25, 0.3) is 5.91 Å². The van der Waals surface area contributed by atoms with Gasteiger partial charge in [-0.2, -0.15) is 0 Å². The van der Waals surface area contributed by atoms with E-state index < -0.39 is 0 Å². The Morgan fingerprint density at radius 2 is 1.50 bits per heavy atom. The Balaban J connectivity index is 1.22. The van der Waals surface area contributed by atoms with E-state index in [9.17, 15) is 4.79 Å². The summed E-state index contributed by atoms with van der Waals surface area (Å²) in [5, 5.41) is 0. The Hall–Kier alpha value is -3.78. The minimum absolute atomic E-state index is 0.0960. The summed E-state index contributed by atoms with van der Waals surface area (Å²) < 4.78 is 16.3. The lowest BCUT2D eigenvalue weighted by Gasteiger charge is -2.37. The topological polar surface area (TPSA) is 67.4 Å². The average Bonchev–Trinajstić information content (AvgIpc) is 3.01. The van der Waals surface area contributed by atoms with E-state index in [1.807, 2.05) is 42.2 Å². The van der Waals surface area contributed by atoms with Crippen molar-refractivity contribution >= 4 is 11.6 Å². The monoisotopic (exact) mass is 544 g/mol. The van der Waals surface area contributed by atoms with E-state index in [1.165, 1.54) is 5.56 Å². The van der Waals surface area contributed by atoms with Crippen molar-refractivity contribution in [2.75, 3.05) is 65.5 Å². The van der Waals surface area contributed by atoms with Crippen LogP contribution in [-0.2, 0) is 6.54 Å². The predicted molar refractivity (Wildman–Crippen MR) is 157 cm³/mol. The molecular formula is C32H40N4O4. The van der Waals surface area contributed by atoms with Crippen LogP contribution in [0, 0.1) is 6.92 Å². The first-order valence-electron chi connectivity index (χ1n) is 14.1. The van der Waals surface area contributed by atoms with Crippen LogP contribution in [-0.4, -0.2) is 81.3 Å². The number of pyridine rings is 1. The van der Waals surface area contributed by atoms with Gasteiger partial charge in [-0.1, -0.05) is 6.07 Å². The summed E-state index contributed by atoms with van der Waals surface area (Å²) in [4.78, 5) is 25.4. The maximum atomic E-state index is 13.8. The van der Waals surface area contributed by atoms with E-state index in [1.54, 1.807) is 21.3 Å². The number of ether oxygens (including phenoxy) is 3. The second-order valence-corrected chi connectivity index (χ2v) is 10.6. The fraction of sp³-hybridized carbons (Fsp3) is 0.438. The van der Waals surface area contributed by atoms with E-state index in [-0.39, 0.29) is 11.8 Å². The summed E-state index contributed by atoms with van der Waals surface area (Å²) in [7, 11) is 5.04. The molecule has 8 heteroatoms. The second kappa shape index (κ2) is 12.6. The largest absolute Gasteiger partial charge is 0.497 e. The van der Waals surface area contributed by atoms with Gasteiger partial charge in [0.1, 0.15) is 17.2 Å². The van der Waals surface area contributed by atoms with Gasteiger partial charge in [0.05, 0.1) is 32.6 Å². The predicted octanol–water partition coefficient (Wildman–Crippen LogP) is 4.76. The third-order valence-electron chi connectivity index (χ3n) is 8.07. The minimum atomic E-state index is 0.0960. The quantitative estimate of drug-likeness (QED) is 0.405. The van der Waals surface area contributed by atoms with Crippen molar-refractivity contribution < 1.29 is 19.0 Å². The molecule has 5 rings (SSSR count). The first kappa shape index (κ1) is 27.8. The Labute approximate surface area is 237 Å². The number of aromatic nitrogens is 1. The van der Waals surface area contributed by atoms with Gasteiger partial charge < -0.3 is 24.0 Å². The average molecular weight is 545 g/mol. The normalized spacial score (nSPS) is 16.6. The molecule has 2 fully saturated rings. The lowest BCUT2D eigenvalue weighted by atomic mass is 9.89. The van der Waals surface area contributed by atoms with E-state index in [0.717, 1.165) is 85.5 Å². The molecule has 0 spiro atoms. The lowest BCUT2D eigenvalue weighted by molar-refractivity contribution is 0.0743. The van der Waals surface area contributed by atoms with Crippen molar-refractivity contribution in [1.82, 2.24) is 14.8 Å². The van der Waals surface area contributed by atoms with Crippen molar-refractivity contribution in [3.63, 3.8) is 0 Å². The lowest BCUT2D eigenvalue weighted by Crippen LogP contribution is -2.49. The van der Waals surface area contributed by atoms with Crippen LogP contribution in [0.25, 0.3) is 0 Å². The first-order valence-corrected chi connectivity index (χ1v) is 14.1. The summed E-state index contributed by atoms with van der Waals surface area (Å²) in [6.45, 7) is 7.71. The van der Waals surface area contributed by atoms with Gasteiger partial charge in [0.15, 0.2) is 0 Å². The van der Waals surface area contributed by atoms with Gasteiger partial charge in [-0.3, -0.25) is 14.7 Å². The number of benzene rings is 2. The van der Waals surface area contributed by atoms with Crippen LogP contribution in [0.15, 0.2) is 54.6 Å². The number of hydrogen-bond acceptors (Lipinski definition) is 7. The van der Waals surface area contributed by atoms with Gasteiger partial charge in [0, 0.05) is 62.2 Å². The maximum absolute atomic E-state index is 13.8. The molecule has 2 aliphatic rings. The highest BCUT2D eigenvalue weighted by molar-refractivity contribution is 5.95. The molecule has 0 unspecified atom stereocenters. The van der Waals surface area contributed by atoms with Crippen LogP contribution < -0.4 is 19.1 Å². The highest BCUT2D eigenvalue weighted by Crippen LogP contribution is 2.32. The molecule has 0 aliphatic carbocycles. The minimum Gasteiger partial charge on any atom is -0.497 e. The molecule has 0 radical (unpaired) electrons. The van der Waals surface area contributed by atoms with Crippen molar-refractivity contribution in [2.24, 2.45) is 0 Å². The molecular weight excluding hydrogens is 504 g/mol. The number of anilines is 1. The number of methoxy groups -OCH3 is 3. The molecule has 1 aromatic heterocycles. The van der Waals surface area contributed by atoms with Crippen molar-refractivity contribution in [1.29, 1.82) is 0 Å². The molecule has 1 amide bonds. The maximum Gasteiger partial charge on any atom is 0.255 e. The van der Waals surface area contributed by atoms with Crippen LogP contribution in [0.3, 0.4) is 0 Å². The van der Waals surface area contributed by atoms with Gasteiger partial charge in [-0.05, 0) is 74.8 Å². The molecule has 0 bridgehead atoms. The number of carbonyl (C=O) groups is 1. The Morgan fingerprint density at radius 1 is 0.825 bits per heavy atom. The summed E-state index contributed by atoms with van der Waals surface area (Å²) in [5.41, 5.74) is 4.98. The molecule has 8 nitrogen and oxygen atoms in total. The number of amides is 1. The van der Waals surface area contributed by atoms with Crippen molar-refractivity contribution in [3.8, 4) is 17.2 Å². The van der Waals surface area contributed by atoms with Crippen LogP contribution in [0.4, 0.5) is 5.69 Å². The van der Waals surface area contributed by atoms with Gasteiger partial charge >= 0.3 is 0 Å². The number of hydrogen-bond donors (Lipinski definition) is 0. The summed E-state index contributed by atoms with van der Waals surface area (Å²) in [6, 6.07) is 18.1. The highest BCUT2D eigenvalue weighted by Gasteiger charge is 2.29. The van der Waals surface area contributed by atoms with E-state index >= 15 is 0 Å². The van der Waals surface area contributed by atoms with Gasteiger partial charge in [0.2, 0.25) is 0 Å².